The van der Waals surface area contributed by atoms with E-state index in [0.29, 0.717) is 29.7 Å². The van der Waals surface area contributed by atoms with E-state index in [4.69, 9.17) is 27.0 Å². The SMILES string of the molecule is COC(=O)c1cn(Cc2ccc(C(=N)N)cc2)cc1Cc1cccc(C(=N)N)c1. The molecule has 148 valence electrons. The Balaban J connectivity index is 1.88. The predicted octanol–water partition coefficient (Wildman–Crippen LogP) is 2.48. The molecule has 2 aromatic carbocycles. The van der Waals surface area contributed by atoms with Gasteiger partial charge in [0, 0.05) is 30.1 Å². The summed E-state index contributed by atoms with van der Waals surface area (Å²) in [7, 11) is 1.36. The number of carbonyl (C=O) groups excluding carboxylic acids is 1. The molecule has 29 heavy (non-hydrogen) atoms. The van der Waals surface area contributed by atoms with Crippen molar-refractivity contribution in [1.82, 2.24) is 4.57 Å². The summed E-state index contributed by atoms with van der Waals surface area (Å²) in [6.07, 6.45) is 4.21. The molecule has 0 aliphatic heterocycles. The van der Waals surface area contributed by atoms with E-state index in [1.807, 2.05) is 41.1 Å². The van der Waals surface area contributed by atoms with Gasteiger partial charge in [-0.2, -0.15) is 0 Å². The molecule has 7 nitrogen and oxygen atoms in total. The Morgan fingerprint density at radius 2 is 1.66 bits per heavy atom. The van der Waals surface area contributed by atoms with Crippen molar-refractivity contribution < 1.29 is 9.53 Å². The van der Waals surface area contributed by atoms with Crippen molar-refractivity contribution in [3.8, 4) is 0 Å². The molecule has 7 heteroatoms. The summed E-state index contributed by atoms with van der Waals surface area (Å²) >= 11 is 0. The molecular formula is C22H23N5O2. The van der Waals surface area contributed by atoms with Crippen molar-refractivity contribution in [2.45, 2.75) is 13.0 Å². The van der Waals surface area contributed by atoms with E-state index in [-0.39, 0.29) is 11.7 Å². The minimum Gasteiger partial charge on any atom is -0.465 e. The maximum Gasteiger partial charge on any atom is 0.339 e. The largest absolute Gasteiger partial charge is 0.465 e. The molecule has 1 aromatic heterocycles. The van der Waals surface area contributed by atoms with Gasteiger partial charge in [-0.05, 0) is 29.2 Å². The second-order valence-electron chi connectivity index (χ2n) is 6.76. The fraction of sp³-hybridized carbons (Fsp3) is 0.136. The maximum absolute atomic E-state index is 12.3. The highest BCUT2D eigenvalue weighted by Crippen LogP contribution is 2.19. The molecule has 0 saturated heterocycles. The standard InChI is InChI=1S/C22H23N5O2/c1-29-22(28)19-13-27(11-14-5-7-16(8-6-14)20(23)24)12-18(19)10-15-3-2-4-17(9-15)21(25)26/h2-9,12-13H,10-11H2,1H3,(H3,23,24)(H3,25,26). The van der Waals surface area contributed by atoms with Gasteiger partial charge < -0.3 is 20.8 Å². The third-order valence-electron chi connectivity index (χ3n) is 4.63. The van der Waals surface area contributed by atoms with Crippen LogP contribution in [0.4, 0.5) is 0 Å². The van der Waals surface area contributed by atoms with Gasteiger partial charge in [-0.15, -0.1) is 0 Å². The highest BCUT2D eigenvalue weighted by atomic mass is 16.5. The third-order valence-corrected chi connectivity index (χ3v) is 4.63. The van der Waals surface area contributed by atoms with Crippen LogP contribution in [0.5, 0.6) is 0 Å². The van der Waals surface area contributed by atoms with Gasteiger partial charge in [0.1, 0.15) is 11.7 Å². The number of nitrogens with zero attached hydrogens (tertiary/aromatic N) is 1. The second-order valence-corrected chi connectivity index (χ2v) is 6.76. The summed E-state index contributed by atoms with van der Waals surface area (Å²) in [4.78, 5) is 12.3. The molecular weight excluding hydrogens is 366 g/mol. The molecule has 0 fully saturated rings. The molecule has 6 N–H and O–H groups in total. The highest BCUT2D eigenvalue weighted by Gasteiger charge is 2.16. The summed E-state index contributed by atoms with van der Waals surface area (Å²) < 4.78 is 6.87. The van der Waals surface area contributed by atoms with Gasteiger partial charge in [-0.3, -0.25) is 10.8 Å². The number of nitrogen functional groups attached to an aromatic ring is 2. The van der Waals surface area contributed by atoms with E-state index in [1.165, 1.54) is 7.11 Å². The van der Waals surface area contributed by atoms with E-state index < -0.39 is 5.97 Å². The predicted molar refractivity (Wildman–Crippen MR) is 113 cm³/mol. The second kappa shape index (κ2) is 8.43. The fourth-order valence-electron chi connectivity index (χ4n) is 3.15. The van der Waals surface area contributed by atoms with Crippen LogP contribution >= 0.6 is 0 Å². The molecule has 3 aromatic rings. The molecule has 0 amide bonds. The van der Waals surface area contributed by atoms with Gasteiger partial charge in [-0.25, -0.2) is 4.79 Å². The van der Waals surface area contributed by atoms with Gasteiger partial charge in [-0.1, -0.05) is 42.5 Å². The van der Waals surface area contributed by atoms with Crippen LogP contribution in [0, 0.1) is 10.8 Å². The lowest BCUT2D eigenvalue weighted by molar-refractivity contribution is 0.0599. The van der Waals surface area contributed by atoms with E-state index in [1.54, 1.807) is 24.4 Å². The number of amidine groups is 2. The number of nitrogens with one attached hydrogen (secondary N) is 2. The molecule has 0 bridgehead atoms. The number of rotatable bonds is 7. The van der Waals surface area contributed by atoms with Crippen molar-refractivity contribution in [2.75, 3.05) is 7.11 Å². The Bertz CT molecular complexity index is 1070. The third kappa shape index (κ3) is 4.70. The molecule has 0 aliphatic rings. The van der Waals surface area contributed by atoms with Crippen LogP contribution in [0.25, 0.3) is 0 Å². The fourth-order valence-corrected chi connectivity index (χ4v) is 3.15. The molecule has 0 atom stereocenters. The van der Waals surface area contributed by atoms with Crippen molar-refractivity contribution >= 4 is 17.6 Å². The first-order valence-corrected chi connectivity index (χ1v) is 9.01. The number of hydrogen-bond acceptors (Lipinski definition) is 4. The zero-order chi connectivity index (χ0) is 21.0. The summed E-state index contributed by atoms with van der Waals surface area (Å²) in [6, 6.07) is 14.8. The number of aromatic nitrogens is 1. The Morgan fingerprint density at radius 3 is 2.28 bits per heavy atom. The van der Waals surface area contributed by atoms with Crippen molar-refractivity contribution in [3.05, 3.63) is 94.3 Å². The average molecular weight is 389 g/mol. The average Bonchev–Trinajstić information content (AvgIpc) is 3.10. The van der Waals surface area contributed by atoms with Crippen LogP contribution in [0.1, 0.15) is 38.2 Å². The summed E-state index contributed by atoms with van der Waals surface area (Å²) in [5.74, 6) is -0.361. The van der Waals surface area contributed by atoms with Crippen LogP contribution in [-0.4, -0.2) is 29.3 Å². The van der Waals surface area contributed by atoms with Crippen LogP contribution in [0.3, 0.4) is 0 Å². The number of carbonyl (C=O) groups is 1. The van der Waals surface area contributed by atoms with E-state index >= 15 is 0 Å². The number of esters is 1. The van der Waals surface area contributed by atoms with E-state index in [0.717, 1.165) is 16.7 Å². The van der Waals surface area contributed by atoms with Gasteiger partial charge in [0.15, 0.2) is 0 Å². The smallest absolute Gasteiger partial charge is 0.339 e. The number of benzene rings is 2. The maximum atomic E-state index is 12.3. The monoisotopic (exact) mass is 389 g/mol. The normalized spacial score (nSPS) is 10.5. The Kier molecular flexibility index (Phi) is 5.78. The van der Waals surface area contributed by atoms with Crippen LogP contribution in [0.15, 0.2) is 60.9 Å². The minimum atomic E-state index is -0.395. The van der Waals surface area contributed by atoms with Gasteiger partial charge in [0.25, 0.3) is 0 Å². The lowest BCUT2D eigenvalue weighted by Gasteiger charge is -2.05. The Labute approximate surface area is 168 Å². The number of ether oxygens (including phenoxy) is 1. The van der Waals surface area contributed by atoms with Crippen molar-refractivity contribution in [3.63, 3.8) is 0 Å². The molecule has 0 aliphatic carbocycles. The van der Waals surface area contributed by atoms with Gasteiger partial charge in [0.2, 0.25) is 0 Å². The van der Waals surface area contributed by atoms with Crippen molar-refractivity contribution in [2.24, 2.45) is 11.5 Å². The lowest BCUT2D eigenvalue weighted by Crippen LogP contribution is -2.11. The molecule has 0 saturated carbocycles. The van der Waals surface area contributed by atoms with Crippen molar-refractivity contribution in [1.29, 1.82) is 10.8 Å². The first-order chi connectivity index (χ1) is 13.9. The highest BCUT2D eigenvalue weighted by molar-refractivity contribution is 5.95. The van der Waals surface area contributed by atoms with Gasteiger partial charge >= 0.3 is 5.97 Å². The molecule has 0 spiro atoms. The van der Waals surface area contributed by atoms with Crippen LogP contribution in [-0.2, 0) is 17.7 Å². The minimum absolute atomic E-state index is 0.00613. The molecule has 0 radical (unpaired) electrons. The van der Waals surface area contributed by atoms with Crippen LogP contribution < -0.4 is 11.5 Å². The number of nitrogens with two attached hydrogens (primary N) is 2. The quantitative estimate of drug-likeness (QED) is 0.281. The lowest BCUT2D eigenvalue weighted by atomic mass is 10.0. The summed E-state index contributed by atoms with van der Waals surface area (Å²) in [5, 5.41) is 15.1. The summed E-state index contributed by atoms with van der Waals surface area (Å²) in [5.41, 5.74) is 15.7. The topological polar surface area (TPSA) is 131 Å². The molecule has 0 unspecified atom stereocenters. The molecule has 3 rings (SSSR count). The van der Waals surface area contributed by atoms with Crippen LogP contribution in [0.2, 0.25) is 0 Å². The van der Waals surface area contributed by atoms with E-state index in [2.05, 4.69) is 0 Å². The van der Waals surface area contributed by atoms with Gasteiger partial charge in [0.05, 0.1) is 12.7 Å². The number of hydrogen-bond donors (Lipinski definition) is 4. The first-order valence-electron chi connectivity index (χ1n) is 9.01. The first kappa shape index (κ1) is 19.9. The zero-order valence-corrected chi connectivity index (χ0v) is 16.1. The Hall–Kier alpha value is -3.87. The van der Waals surface area contributed by atoms with E-state index in [9.17, 15) is 4.79 Å². The molecule has 1 heterocycles. The Morgan fingerprint density at radius 1 is 0.966 bits per heavy atom. The summed E-state index contributed by atoms with van der Waals surface area (Å²) in [6.45, 7) is 0.565. The zero-order valence-electron chi connectivity index (χ0n) is 16.1. The number of methoxy groups -OCH3 is 1.